The van der Waals surface area contributed by atoms with Gasteiger partial charge in [-0.2, -0.15) is 0 Å². The molecule has 1 aliphatic rings. The molecular weight excluding hydrogens is 334 g/mol. The summed E-state index contributed by atoms with van der Waals surface area (Å²) in [6.45, 7) is 2.05. The lowest BCUT2D eigenvalue weighted by Gasteiger charge is -2.24. The van der Waals surface area contributed by atoms with Crippen molar-refractivity contribution in [3.05, 3.63) is 64.1 Å². The van der Waals surface area contributed by atoms with E-state index in [1.54, 1.807) is 11.8 Å². The van der Waals surface area contributed by atoms with Crippen molar-refractivity contribution in [3.8, 4) is 0 Å². The highest BCUT2D eigenvalue weighted by Gasteiger charge is 2.34. The molecule has 102 valence electrons. The van der Waals surface area contributed by atoms with E-state index in [9.17, 15) is 4.79 Å². The van der Waals surface area contributed by atoms with Gasteiger partial charge < -0.3 is 0 Å². The van der Waals surface area contributed by atoms with Crippen LogP contribution in [0, 0.1) is 6.92 Å². The van der Waals surface area contributed by atoms with Crippen molar-refractivity contribution in [1.29, 1.82) is 0 Å². The number of nitrogens with zero attached hydrogens (tertiary/aromatic N) is 1. The predicted octanol–water partition coefficient (Wildman–Crippen LogP) is 4.54. The van der Waals surface area contributed by atoms with Crippen LogP contribution in [0.4, 0.5) is 5.69 Å². The van der Waals surface area contributed by atoms with Gasteiger partial charge in [0, 0.05) is 10.2 Å². The summed E-state index contributed by atoms with van der Waals surface area (Å²) >= 11 is 5.18. The Bertz CT molecular complexity index is 658. The van der Waals surface area contributed by atoms with Gasteiger partial charge in [-0.15, -0.1) is 11.8 Å². The summed E-state index contributed by atoms with van der Waals surface area (Å²) in [6.07, 6.45) is 0. The number of hydrogen-bond acceptors (Lipinski definition) is 2. The fraction of sp³-hybridized carbons (Fsp3) is 0.188. The summed E-state index contributed by atoms with van der Waals surface area (Å²) in [7, 11) is 0. The van der Waals surface area contributed by atoms with E-state index in [-0.39, 0.29) is 11.3 Å². The van der Waals surface area contributed by atoms with Gasteiger partial charge in [0.1, 0.15) is 5.37 Å². The summed E-state index contributed by atoms with van der Waals surface area (Å²) in [5.41, 5.74) is 3.29. The van der Waals surface area contributed by atoms with Gasteiger partial charge in [-0.1, -0.05) is 40.2 Å². The molecule has 0 bridgehead atoms. The average molecular weight is 348 g/mol. The maximum atomic E-state index is 12.2. The van der Waals surface area contributed by atoms with Crippen LogP contribution in [0.3, 0.4) is 0 Å². The average Bonchev–Trinajstić information content (AvgIpc) is 2.80. The van der Waals surface area contributed by atoms with E-state index >= 15 is 0 Å². The fourth-order valence-electron chi connectivity index (χ4n) is 2.39. The molecule has 0 spiro atoms. The van der Waals surface area contributed by atoms with Gasteiger partial charge in [-0.25, -0.2) is 0 Å². The molecule has 0 radical (unpaired) electrons. The Morgan fingerprint density at radius 3 is 2.75 bits per heavy atom. The number of halogens is 1. The summed E-state index contributed by atoms with van der Waals surface area (Å²) in [5, 5.41) is 0.0572. The fourth-order valence-corrected chi connectivity index (χ4v) is 3.97. The highest BCUT2D eigenvalue weighted by molar-refractivity contribution is 9.10. The van der Waals surface area contributed by atoms with E-state index in [2.05, 4.69) is 34.1 Å². The molecule has 1 saturated heterocycles. The summed E-state index contributed by atoms with van der Waals surface area (Å²) in [4.78, 5) is 14.2. The van der Waals surface area contributed by atoms with Gasteiger partial charge in [-0.05, 0) is 42.3 Å². The first kappa shape index (κ1) is 13.7. The second-order valence-corrected chi connectivity index (χ2v) is 6.81. The van der Waals surface area contributed by atoms with Gasteiger partial charge >= 0.3 is 0 Å². The molecule has 1 atom stereocenters. The third kappa shape index (κ3) is 2.63. The molecule has 0 unspecified atom stereocenters. The van der Waals surface area contributed by atoms with Crippen LogP contribution in [0.2, 0.25) is 0 Å². The number of rotatable bonds is 2. The zero-order valence-corrected chi connectivity index (χ0v) is 13.4. The molecule has 1 amide bonds. The van der Waals surface area contributed by atoms with E-state index < -0.39 is 0 Å². The van der Waals surface area contributed by atoms with Gasteiger partial charge in [0.2, 0.25) is 5.91 Å². The standard InChI is InChI=1S/C16H14BrNOS/c1-11-4-2-7-14(8-11)18-15(19)10-20-16(18)12-5-3-6-13(17)9-12/h2-9,16H,10H2,1H3/t16-/m1/s1. The van der Waals surface area contributed by atoms with Crippen molar-refractivity contribution in [1.82, 2.24) is 0 Å². The summed E-state index contributed by atoms with van der Waals surface area (Å²) < 4.78 is 1.04. The Hall–Kier alpha value is -1.26. The first-order chi connectivity index (χ1) is 9.65. The first-order valence-electron chi connectivity index (χ1n) is 6.41. The number of hydrogen-bond donors (Lipinski definition) is 0. The maximum Gasteiger partial charge on any atom is 0.238 e. The van der Waals surface area contributed by atoms with E-state index in [0.29, 0.717) is 5.75 Å². The van der Waals surface area contributed by atoms with Gasteiger partial charge in [0.25, 0.3) is 0 Å². The number of thioether (sulfide) groups is 1. The van der Waals surface area contributed by atoms with Crippen molar-refractivity contribution in [3.63, 3.8) is 0 Å². The molecule has 2 nitrogen and oxygen atoms in total. The van der Waals surface area contributed by atoms with E-state index in [1.807, 2.05) is 42.2 Å². The number of carbonyl (C=O) groups excluding carboxylic acids is 1. The molecule has 1 heterocycles. The number of aryl methyl sites for hydroxylation is 1. The molecule has 0 N–H and O–H groups in total. The topological polar surface area (TPSA) is 20.3 Å². The molecule has 20 heavy (non-hydrogen) atoms. The van der Waals surface area contributed by atoms with Crippen molar-refractivity contribution >= 4 is 39.3 Å². The minimum atomic E-state index is 0.0572. The smallest absolute Gasteiger partial charge is 0.238 e. The molecular formula is C16H14BrNOS. The largest absolute Gasteiger partial charge is 0.295 e. The Morgan fingerprint density at radius 2 is 2.00 bits per heavy atom. The molecule has 2 aromatic rings. The second-order valence-electron chi connectivity index (χ2n) is 4.82. The minimum absolute atomic E-state index is 0.0572. The van der Waals surface area contributed by atoms with E-state index in [1.165, 1.54) is 5.56 Å². The van der Waals surface area contributed by atoms with Gasteiger partial charge in [0.05, 0.1) is 5.75 Å². The van der Waals surface area contributed by atoms with Crippen molar-refractivity contribution in [2.45, 2.75) is 12.3 Å². The minimum Gasteiger partial charge on any atom is -0.295 e. The van der Waals surface area contributed by atoms with Crippen LogP contribution in [0.5, 0.6) is 0 Å². The third-order valence-corrected chi connectivity index (χ3v) is 4.99. The SMILES string of the molecule is Cc1cccc(N2C(=O)CS[C@@H]2c2cccc(Br)c2)c1. The molecule has 1 aliphatic heterocycles. The lowest BCUT2D eigenvalue weighted by Crippen LogP contribution is -2.27. The van der Waals surface area contributed by atoms with Crippen LogP contribution >= 0.6 is 27.7 Å². The maximum absolute atomic E-state index is 12.2. The first-order valence-corrected chi connectivity index (χ1v) is 8.25. The van der Waals surface area contributed by atoms with Crippen molar-refractivity contribution in [2.75, 3.05) is 10.7 Å². The van der Waals surface area contributed by atoms with E-state index in [0.717, 1.165) is 15.7 Å². The Kier molecular flexibility index (Phi) is 3.85. The van der Waals surface area contributed by atoms with Crippen LogP contribution in [-0.2, 0) is 4.79 Å². The van der Waals surface area contributed by atoms with Gasteiger partial charge in [0.15, 0.2) is 0 Å². The highest BCUT2D eigenvalue weighted by Crippen LogP contribution is 2.42. The van der Waals surface area contributed by atoms with Crippen LogP contribution in [-0.4, -0.2) is 11.7 Å². The number of benzene rings is 2. The van der Waals surface area contributed by atoms with Crippen molar-refractivity contribution in [2.24, 2.45) is 0 Å². The van der Waals surface area contributed by atoms with E-state index in [4.69, 9.17) is 0 Å². The molecule has 0 aromatic heterocycles. The lowest BCUT2D eigenvalue weighted by molar-refractivity contribution is -0.115. The van der Waals surface area contributed by atoms with Crippen LogP contribution < -0.4 is 4.90 Å². The molecule has 3 rings (SSSR count). The monoisotopic (exact) mass is 347 g/mol. The molecule has 1 fully saturated rings. The quantitative estimate of drug-likeness (QED) is 0.794. The predicted molar refractivity (Wildman–Crippen MR) is 88.0 cm³/mol. The van der Waals surface area contributed by atoms with Gasteiger partial charge in [-0.3, -0.25) is 9.69 Å². The lowest BCUT2D eigenvalue weighted by atomic mass is 10.1. The summed E-state index contributed by atoms with van der Waals surface area (Å²) in [6, 6.07) is 16.3. The second kappa shape index (κ2) is 5.62. The van der Waals surface area contributed by atoms with Crippen molar-refractivity contribution < 1.29 is 4.79 Å². The van der Waals surface area contributed by atoms with Crippen LogP contribution in [0.25, 0.3) is 0 Å². The zero-order chi connectivity index (χ0) is 14.1. The number of carbonyl (C=O) groups is 1. The summed E-state index contributed by atoms with van der Waals surface area (Å²) in [5.74, 6) is 0.705. The molecule has 2 aromatic carbocycles. The highest BCUT2D eigenvalue weighted by atomic mass is 79.9. The Balaban J connectivity index is 2.01. The molecule has 4 heteroatoms. The molecule has 0 aliphatic carbocycles. The third-order valence-electron chi connectivity index (χ3n) is 3.28. The zero-order valence-electron chi connectivity index (χ0n) is 11.0. The molecule has 0 saturated carbocycles. The Labute approximate surface area is 131 Å². The number of amides is 1. The van der Waals surface area contributed by atoms with Crippen LogP contribution in [0.1, 0.15) is 16.5 Å². The number of anilines is 1. The van der Waals surface area contributed by atoms with Crippen LogP contribution in [0.15, 0.2) is 53.0 Å². The normalized spacial score (nSPS) is 18.6. The Morgan fingerprint density at radius 1 is 1.20 bits per heavy atom.